The number of halogens is 4. The van der Waals surface area contributed by atoms with Gasteiger partial charge < -0.3 is 34.9 Å². The van der Waals surface area contributed by atoms with Gasteiger partial charge in [0.25, 0.3) is 22.0 Å². The fourth-order valence-corrected chi connectivity index (χ4v) is 8.22. The highest BCUT2D eigenvalue weighted by atomic mass is 79.9. The van der Waals surface area contributed by atoms with Gasteiger partial charge in [-0.25, -0.2) is 39.6 Å². The Morgan fingerprint density at radius 1 is 0.946 bits per heavy atom. The molecule has 3 saturated heterocycles. The summed E-state index contributed by atoms with van der Waals surface area (Å²) in [6.07, 6.45) is 0.509. The van der Waals surface area contributed by atoms with Gasteiger partial charge in [0, 0.05) is 38.3 Å². The van der Waals surface area contributed by atoms with Gasteiger partial charge >= 0.3 is 17.9 Å². The molecule has 3 aliphatic rings. The van der Waals surface area contributed by atoms with Gasteiger partial charge in [0.05, 0.1) is 30.8 Å². The summed E-state index contributed by atoms with van der Waals surface area (Å²) < 4.78 is 100. The van der Waals surface area contributed by atoms with Crippen LogP contribution in [0.15, 0.2) is 24.3 Å². The van der Waals surface area contributed by atoms with Crippen LogP contribution < -0.4 is 15.4 Å². The molecule has 1 amide bonds. The molecule has 3 aliphatic heterocycles. The molecule has 322 valence electrons. The lowest BCUT2D eigenvalue weighted by Crippen LogP contribution is -2.54. The summed E-state index contributed by atoms with van der Waals surface area (Å²) >= 11 is 2.40. The van der Waals surface area contributed by atoms with Crippen LogP contribution in [0.1, 0.15) is 67.7 Å². The number of fused-ring (bicyclic) bond motifs is 4. The van der Waals surface area contributed by atoms with Crippen molar-refractivity contribution in [2.24, 2.45) is 17.1 Å². The van der Waals surface area contributed by atoms with Crippen molar-refractivity contribution >= 4 is 65.1 Å². The molecular formula is C35H55BrF3N3O12S2. The van der Waals surface area contributed by atoms with Gasteiger partial charge in [-0.15, -0.1) is 0 Å². The van der Waals surface area contributed by atoms with Crippen molar-refractivity contribution in [3.8, 4) is 5.75 Å². The number of ether oxygens (including phenoxy) is 3. The highest BCUT2D eigenvalue weighted by molar-refractivity contribution is 9.09. The monoisotopic (exact) mass is 909 g/mol. The fraction of sp³-hybridized carbons (Fsp3) is 0.714. The number of benzene rings is 1. The van der Waals surface area contributed by atoms with Crippen molar-refractivity contribution in [1.82, 2.24) is 4.90 Å². The van der Waals surface area contributed by atoms with E-state index < -0.39 is 76.7 Å². The minimum absolute atomic E-state index is 0.0532. The number of alkyl halides is 4. The Balaban J connectivity index is 0.000000511. The third-order valence-corrected chi connectivity index (χ3v) is 12.0. The Morgan fingerprint density at radius 3 is 1.98 bits per heavy atom. The van der Waals surface area contributed by atoms with Crippen LogP contribution in [0.2, 0.25) is 0 Å². The van der Waals surface area contributed by atoms with E-state index in [0.717, 1.165) is 24.4 Å². The molecule has 1 aromatic carbocycles. The molecule has 4 rings (SSSR count). The highest BCUT2D eigenvalue weighted by Crippen LogP contribution is 2.43. The van der Waals surface area contributed by atoms with Crippen molar-refractivity contribution in [3.63, 3.8) is 0 Å². The predicted molar refractivity (Wildman–Crippen MR) is 207 cm³/mol. The Kier molecular flexibility index (Phi) is 20.1. The first-order valence-corrected chi connectivity index (χ1v) is 22.2. The van der Waals surface area contributed by atoms with Gasteiger partial charge in [0.1, 0.15) is 11.4 Å². The summed E-state index contributed by atoms with van der Waals surface area (Å²) in [7, 11) is -8.57. The van der Waals surface area contributed by atoms with Crippen LogP contribution >= 0.6 is 15.9 Å². The predicted octanol–water partition coefficient (Wildman–Crippen LogP) is 3.96. The number of nitrogens with two attached hydrogens (primary N) is 1. The van der Waals surface area contributed by atoms with Crippen molar-refractivity contribution in [2.45, 2.75) is 95.5 Å². The Morgan fingerprint density at radius 2 is 1.52 bits per heavy atom. The number of aliphatic carboxylic acids is 1. The summed E-state index contributed by atoms with van der Waals surface area (Å²) in [5.74, 6) is -4.82. The summed E-state index contributed by atoms with van der Waals surface area (Å²) in [5, 5.41) is 6.55. The van der Waals surface area contributed by atoms with E-state index in [1.54, 1.807) is 27.7 Å². The maximum atomic E-state index is 14.6. The summed E-state index contributed by atoms with van der Waals surface area (Å²) in [4.78, 5) is 47.9. The van der Waals surface area contributed by atoms with E-state index in [1.165, 1.54) is 4.90 Å². The first-order valence-electron chi connectivity index (χ1n) is 17.8. The van der Waals surface area contributed by atoms with Crippen molar-refractivity contribution < 1.29 is 68.5 Å². The Hall–Kier alpha value is -3.17. The molecule has 3 heterocycles. The number of carbonyl (C=O) groups is 4. The molecule has 0 aromatic heterocycles. The molecule has 56 heavy (non-hydrogen) atoms. The molecule has 21 heteroatoms. The molecule has 5 atom stereocenters. The normalized spacial score (nSPS) is 19.4. The minimum atomic E-state index is -4.37. The summed E-state index contributed by atoms with van der Waals surface area (Å²) in [6.45, 7) is 14.8. The van der Waals surface area contributed by atoms with Crippen LogP contribution in [-0.4, -0.2) is 129 Å². The third kappa shape index (κ3) is 16.4. The van der Waals surface area contributed by atoms with E-state index in [1.807, 2.05) is 31.2 Å². The molecule has 3 N–H and O–H groups in total. The molecule has 0 saturated carbocycles. The number of carboxylic acid groups (broad SMARTS) is 1. The van der Waals surface area contributed by atoms with Gasteiger partial charge in [-0.2, -0.15) is 0 Å². The molecule has 0 aliphatic carbocycles. The van der Waals surface area contributed by atoms with Gasteiger partial charge in [0.2, 0.25) is 0 Å². The number of esters is 2. The lowest BCUT2D eigenvalue weighted by Gasteiger charge is -2.48. The Labute approximate surface area is 335 Å². The number of piperidine rings is 1. The summed E-state index contributed by atoms with van der Waals surface area (Å²) in [5.41, 5.74) is -0.00830. The number of hydrogen-bond acceptors (Lipinski definition) is 13. The number of sulfone groups is 2. The van der Waals surface area contributed by atoms with Gasteiger partial charge in [-0.3, -0.25) is 9.59 Å². The zero-order chi connectivity index (χ0) is 43.2. The van der Waals surface area contributed by atoms with Gasteiger partial charge in [0.15, 0.2) is 19.7 Å². The van der Waals surface area contributed by atoms with Crippen LogP contribution in [0.5, 0.6) is 5.75 Å². The van der Waals surface area contributed by atoms with Gasteiger partial charge in [-0.1, -0.05) is 13.8 Å². The molecule has 3 fully saturated rings. The van der Waals surface area contributed by atoms with E-state index in [0.29, 0.717) is 13.2 Å². The van der Waals surface area contributed by atoms with Crippen molar-refractivity contribution in [1.29, 1.82) is 0 Å². The van der Waals surface area contributed by atoms with Crippen LogP contribution in [0.4, 0.5) is 18.9 Å². The molecule has 3 unspecified atom stereocenters. The molecule has 15 nitrogen and oxygen atoms in total. The van der Waals surface area contributed by atoms with Crippen LogP contribution in [0, 0.1) is 11.3 Å². The second kappa shape index (κ2) is 22.1. The SMILES string of the molecule is CC(C)(C)OC(=O)CCCS(=O)(=O)C(F)C(=O)O.CCOC(=O)C(F)Br.CCOc1ccc(N2C[C@H]3CN(C(=O)C(F)S(=O)(=O)CCN)C[C@@H]2C(C)(C)C3)cc1. The maximum Gasteiger partial charge on any atom is 0.354 e. The number of rotatable bonds is 15. The van der Waals surface area contributed by atoms with Crippen LogP contribution in [0.25, 0.3) is 0 Å². The molecular weight excluding hydrogens is 855 g/mol. The van der Waals surface area contributed by atoms with Crippen LogP contribution in [-0.2, 0) is 48.3 Å². The number of amides is 1. The topological polar surface area (TPSA) is 217 Å². The second-order valence-corrected chi connectivity index (χ2v) is 19.7. The average Bonchev–Trinajstić information content (AvgIpc) is 3.35. The van der Waals surface area contributed by atoms with Crippen molar-refractivity contribution in [3.05, 3.63) is 24.3 Å². The van der Waals surface area contributed by atoms with E-state index in [4.69, 9.17) is 20.3 Å². The lowest BCUT2D eigenvalue weighted by atomic mass is 9.73. The number of carboxylic acids is 1. The lowest BCUT2D eigenvalue weighted by molar-refractivity contribution is -0.154. The number of hydrogen-bond donors (Lipinski definition) is 2. The first kappa shape index (κ1) is 50.8. The second-order valence-electron chi connectivity index (χ2n) is 14.6. The average molecular weight is 911 g/mol. The van der Waals surface area contributed by atoms with Crippen molar-refractivity contribution in [2.75, 3.05) is 55.8 Å². The third-order valence-electron chi connectivity index (χ3n) is 8.33. The number of anilines is 1. The Bertz CT molecular complexity index is 1680. The molecule has 1 aromatic rings. The highest BCUT2D eigenvalue weighted by Gasteiger charge is 2.48. The van der Waals surface area contributed by atoms with Crippen LogP contribution in [0.3, 0.4) is 0 Å². The molecule has 0 spiro atoms. The zero-order valence-corrected chi connectivity index (χ0v) is 35.9. The minimum Gasteiger partial charge on any atom is -0.494 e. The first-order chi connectivity index (χ1) is 25.7. The standard InChI is InChI=1S/C21H32FN3O4S.C10H17FO6S.C4H6BrFO2/c1-4-29-17-7-5-16(6-8-17)25-13-15-11-21(2,3)18(25)14-24(12-15)20(26)19(22)30(27,28)10-9-23;1-10(2,3)17-7(12)5-4-6-18(15,16)8(11)9(13)14;1-2-8-4(7)3(5)6/h5-8,15,18-19H,4,9-14,23H2,1-3H3;8H,4-6H2,1-3H3,(H,13,14);3H,2H2,1H3/t15-,18-,19?;;/m1../s1. The number of carbonyl (C=O) groups excluding carboxylic acids is 3. The molecule has 0 radical (unpaired) electrons. The number of nitrogens with zero attached hydrogens (tertiary/aromatic N) is 2. The summed E-state index contributed by atoms with van der Waals surface area (Å²) in [6, 6.07) is 7.78. The fourth-order valence-electron chi connectivity index (χ4n) is 6.04. The van der Waals surface area contributed by atoms with E-state index >= 15 is 0 Å². The maximum absolute atomic E-state index is 14.6. The smallest absolute Gasteiger partial charge is 0.354 e. The quantitative estimate of drug-likeness (QED) is 0.188. The van der Waals surface area contributed by atoms with E-state index in [2.05, 4.69) is 39.4 Å². The van der Waals surface area contributed by atoms with Gasteiger partial charge in [-0.05, 0) is 99.0 Å². The zero-order valence-electron chi connectivity index (χ0n) is 32.7. The molecule has 2 bridgehead atoms. The largest absolute Gasteiger partial charge is 0.494 e. The van der Waals surface area contributed by atoms with E-state index in [9.17, 15) is 49.2 Å². The van der Waals surface area contributed by atoms with E-state index in [-0.39, 0.29) is 49.9 Å².